The van der Waals surface area contributed by atoms with E-state index in [9.17, 15) is 4.79 Å². The Bertz CT molecular complexity index is 324. The molecule has 0 aliphatic heterocycles. The third-order valence-corrected chi connectivity index (χ3v) is 2.49. The molecule has 0 spiro atoms. The first-order valence-electron chi connectivity index (χ1n) is 5.82. The minimum atomic E-state index is -0.412. The highest BCUT2D eigenvalue weighted by Gasteiger charge is 2.11. The molecular weight excluding hydrogens is 200 g/mol. The van der Waals surface area contributed by atoms with Gasteiger partial charge in [0.2, 0.25) is 0 Å². The van der Waals surface area contributed by atoms with Crippen LogP contribution in [0.25, 0.3) is 0 Å². The SMILES string of the molecule is CCCCOC(C=O)c1cc(C)cc(C)c1. The third-order valence-electron chi connectivity index (χ3n) is 2.49. The summed E-state index contributed by atoms with van der Waals surface area (Å²) in [6, 6.07) is 6.12. The number of aldehydes is 1. The molecule has 1 aromatic carbocycles. The summed E-state index contributed by atoms with van der Waals surface area (Å²) in [6.07, 6.45) is 2.54. The fraction of sp³-hybridized carbons (Fsp3) is 0.500. The van der Waals surface area contributed by atoms with E-state index in [1.807, 2.05) is 26.0 Å². The lowest BCUT2D eigenvalue weighted by Crippen LogP contribution is -2.07. The smallest absolute Gasteiger partial charge is 0.153 e. The Labute approximate surface area is 97.6 Å². The van der Waals surface area contributed by atoms with Crippen LogP contribution in [0.2, 0.25) is 0 Å². The minimum Gasteiger partial charge on any atom is -0.366 e. The van der Waals surface area contributed by atoms with Crippen LogP contribution in [0.4, 0.5) is 0 Å². The van der Waals surface area contributed by atoms with Crippen molar-refractivity contribution in [2.75, 3.05) is 6.61 Å². The topological polar surface area (TPSA) is 26.3 Å². The Morgan fingerprint density at radius 3 is 2.38 bits per heavy atom. The summed E-state index contributed by atoms with van der Waals surface area (Å²) < 4.78 is 5.56. The van der Waals surface area contributed by atoms with Gasteiger partial charge in [0.25, 0.3) is 0 Å². The van der Waals surface area contributed by atoms with Crippen molar-refractivity contribution in [3.05, 3.63) is 34.9 Å². The number of aryl methyl sites for hydroxylation is 2. The summed E-state index contributed by atoms with van der Waals surface area (Å²) in [5.74, 6) is 0. The molecule has 0 aliphatic rings. The van der Waals surface area contributed by atoms with Crippen LogP contribution in [0, 0.1) is 13.8 Å². The quantitative estimate of drug-likeness (QED) is 0.543. The molecule has 0 saturated carbocycles. The van der Waals surface area contributed by atoms with Crippen molar-refractivity contribution in [3.8, 4) is 0 Å². The Hall–Kier alpha value is -1.15. The van der Waals surface area contributed by atoms with Crippen LogP contribution >= 0.6 is 0 Å². The zero-order chi connectivity index (χ0) is 12.0. The van der Waals surface area contributed by atoms with E-state index in [1.54, 1.807) is 0 Å². The molecule has 0 aliphatic carbocycles. The van der Waals surface area contributed by atoms with E-state index in [0.29, 0.717) is 6.61 Å². The monoisotopic (exact) mass is 220 g/mol. The van der Waals surface area contributed by atoms with Crippen molar-refractivity contribution in [1.29, 1.82) is 0 Å². The van der Waals surface area contributed by atoms with Crippen LogP contribution in [0.5, 0.6) is 0 Å². The second kappa shape index (κ2) is 6.44. The highest BCUT2D eigenvalue weighted by Crippen LogP contribution is 2.19. The van der Waals surface area contributed by atoms with Crippen molar-refractivity contribution >= 4 is 6.29 Å². The van der Waals surface area contributed by atoms with Gasteiger partial charge in [0.1, 0.15) is 6.10 Å². The molecule has 0 heterocycles. The summed E-state index contributed by atoms with van der Waals surface area (Å²) >= 11 is 0. The number of carbonyl (C=O) groups is 1. The van der Waals surface area contributed by atoms with Gasteiger partial charge >= 0.3 is 0 Å². The van der Waals surface area contributed by atoms with Crippen LogP contribution in [-0.4, -0.2) is 12.9 Å². The maximum Gasteiger partial charge on any atom is 0.153 e. The Balaban J connectivity index is 2.74. The highest BCUT2D eigenvalue weighted by atomic mass is 16.5. The molecule has 2 nitrogen and oxygen atoms in total. The summed E-state index contributed by atoms with van der Waals surface area (Å²) in [4.78, 5) is 11.0. The lowest BCUT2D eigenvalue weighted by Gasteiger charge is -2.13. The molecular formula is C14H20O2. The Kier molecular flexibility index (Phi) is 5.20. The molecule has 2 heteroatoms. The largest absolute Gasteiger partial charge is 0.366 e. The second-order valence-electron chi connectivity index (χ2n) is 4.20. The minimum absolute atomic E-state index is 0.412. The number of hydrogen-bond donors (Lipinski definition) is 0. The van der Waals surface area contributed by atoms with Crippen molar-refractivity contribution in [2.45, 2.75) is 39.7 Å². The molecule has 0 bridgehead atoms. The lowest BCUT2D eigenvalue weighted by atomic mass is 10.0. The van der Waals surface area contributed by atoms with E-state index >= 15 is 0 Å². The Morgan fingerprint density at radius 2 is 1.88 bits per heavy atom. The van der Waals surface area contributed by atoms with E-state index in [-0.39, 0.29) is 0 Å². The number of ether oxygens (including phenoxy) is 1. The summed E-state index contributed by atoms with van der Waals surface area (Å²) in [5, 5.41) is 0. The van der Waals surface area contributed by atoms with Crippen LogP contribution < -0.4 is 0 Å². The zero-order valence-corrected chi connectivity index (χ0v) is 10.3. The first-order valence-corrected chi connectivity index (χ1v) is 5.82. The van der Waals surface area contributed by atoms with Crippen molar-refractivity contribution in [1.82, 2.24) is 0 Å². The first-order chi connectivity index (χ1) is 7.67. The Morgan fingerprint density at radius 1 is 1.25 bits per heavy atom. The zero-order valence-electron chi connectivity index (χ0n) is 10.3. The average molecular weight is 220 g/mol. The van der Waals surface area contributed by atoms with Gasteiger partial charge in [-0.25, -0.2) is 0 Å². The number of unbranched alkanes of at least 4 members (excludes halogenated alkanes) is 1. The third kappa shape index (κ3) is 3.78. The van der Waals surface area contributed by atoms with Crippen molar-refractivity contribution in [3.63, 3.8) is 0 Å². The summed E-state index contributed by atoms with van der Waals surface area (Å²) in [5.41, 5.74) is 3.30. The molecule has 0 N–H and O–H groups in total. The van der Waals surface area contributed by atoms with Gasteiger partial charge in [0.05, 0.1) is 0 Å². The van der Waals surface area contributed by atoms with Crippen LogP contribution in [0.3, 0.4) is 0 Å². The predicted molar refractivity (Wildman–Crippen MR) is 65.6 cm³/mol. The van der Waals surface area contributed by atoms with Gasteiger partial charge in [-0.2, -0.15) is 0 Å². The molecule has 1 rings (SSSR count). The molecule has 0 radical (unpaired) electrons. The van der Waals surface area contributed by atoms with Crippen LogP contribution in [-0.2, 0) is 9.53 Å². The molecule has 0 amide bonds. The van der Waals surface area contributed by atoms with Gasteiger partial charge in [-0.15, -0.1) is 0 Å². The fourth-order valence-corrected chi connectivity index (χ4v) is 1.74. The maximum absolute atomic E-state index is 11.0. The summed E-state index contributed by atoms with van der Waals surface area (Å²) in [7, 11) is 0. The average Bonchev–Trinajstić information content (AvgIpc) is 2.23. The predicted octanol–water partition coefficient (Wildman–Crippen LogP) is 3.36. The van der Waals surface area contributed by atoms with E-state index in [4.69, 9.17) is 4.74 Å². The number of rotatable bonds is 6. The lowest BCUT2D eigenvalue weighted by molar-refractivity contribution is -0.118. The number of benzene rings is 1. The van der Waals surface area contributed by atoms with Gasteiger partial charge in [0.15, 0.2) is 6.29 Å². The molecule has 16 heavy (non-hydrogen) atoms. The van der Waals surface area contributed by atoms with E-state index < -0.39 is 6.10 Å². The molecule has 0 saturated heterocycles. The molecule has 0 aromatic heterocycles. The van der Waals surface area contributed by atoms with Crippen LogP contribution in [0.15, 0.2) is 18.2 Å². The van der Waals surface area contributed by atoms with Gasteiger partial charge in [0, 0.05) is 6.61 Å². The normalized spacial score (nSPS) is 12.4. The molecule has 1 atom stereocenters. The number of carbonyl (C=O) groups excluding carboxylic acids is 1. The number of hydrogen-bond acceptors (Lipinski definition) is 2. The van der Waals surface area contributed by atoms with Crippen molar-refractivity contribution < 1.29 is 9.53 Å². The molecule has 1 aromatic rings. The molecule has 0 fully saturated rings. The summed E-state index contributed by atoms with van der Waals surface area (Å²) in [6.45, 7) is 6.82. The standard InChI is InChI=1S/C14H20O2/c1-4-5-6-16-14(10-15)13-8-11(2)7-12(3)9-13/h7-10,14H,4-6H2,1-3H3. The van der Waals surface area contributed by atoms with Gasteiger partial charge in [-0.3, -0.25) is 0 Å². The fourth-order valence-electron chi connectivity index (χ4n) is 1.74. The van der Waals surface area contributed by atoms with Crippen molar-refractivity contribution in [2.24, 2.45) is 0 Å². The van der Waals surface area contributed by atoms with E-state index in [2.05, 4.69) is 13.0 Å². The second-order valence-corrected chi connectivity index (χ2v) is 4.20. The highest BCUT2D eigenvalue weighted by molar-refractivity contribution is 5.60. The van der Waals surface area contributed by atoms with Gasteiger partial charge in [-0.05, 0) is 25.8 Å². The van der Waals surface area contributed by atoms with Gasteiger partial charge in [-0.1, -0.05) is 42.7 Å². The van der Waals surface area contributed by atoms with Gasteiger partial charge < -0.3 is 9.53 Å². The van der Waals surface area contributed by atoms with E-state index in [0.717, 1.165) is 24.7 Å². The first kappa shape index (κ1) is 12.9. The molecule has 1 unspecified atom stereocenters. The maximum atomic E-state index is 11.0. The van der Waals surface area contributed by atoms with Crippen LogP contribution in [0.1, 0.15) is 42.6 Å². The molecule has 88 valence electrons. The van der Waals surface area contributed by atoms with E-state index in [1.165, 1.54) is 11.1 Å².